The first kappa shape index (κ1) is 28.4. The van der Waals surface area contributed by atoms with E-state index in [2.05, 4.69) is 29.4 Å². The van der Waals surface area contributed by atoms with Crippen LogP contribution in [0.25, 0.3) is 0 Å². The van der Waals surface area contributed by atoms with Gasteiger partial charge in [-0.3, -0.25) is 9.79 Å². The number of carboxylic acid groups (broad SMARTS) is 1. The van der Waals surface area contributed by atoms with Crippen LogP contribution in [0.5, 0.6) is 0 Å². The SMILES string of the molecule is CCCCCCCCC=CCCCCCCCCN[C@@H](CCCN=C(N)N)C(=O)O. The van der Waals surface area contributed by atoms with Crippen molar-refractivity contribution in [3.8, 4) is 0 Å². The molecule has 30 heavy (non-hydrogen) atoms. The lowest BCUT2D eigenvalue weighted by Crippen LogP contribution is -2.37. The second-order valence-electron chi connectivity index (χ2n) is 8.23. The van der Waals surface area contributed by atoms with Crippen LogP contribution >= 0.6 is 0 Å². The fourth-order valence-electron chi connectivity index (χ4n) is 3.47. The van der Waals surface area contributed by atoms with E-state index in [1.807, 2.05) is 0 Å². The van der Waals surface area contributed by atoms with Gasteiger partial charge in [-0.2, -0.15) is 0 Å². The molecule has 0 saturated carbocycles. The van der Waals surface area contributed by atoms with Gasteiger partial charge in [0.2, 0.25) is 0 Å². The van der Waals surface area contributed by atoms with Crippen molar-refractivity contribution in [3.63, 3.8) is 0 Å². The summed E-state index contributed by atoms with van der Waals surface area (Å²) in [6.07, 6.45) is 23.8. The second-order valence-corrected chi connectivity index (χ2v) is 8.23. The van der Waals surface area contributed by atoms with Gasteiger partial charge in [0.1, 0.15) is 6.04 Å². The number of nitrogens with two attached hydrogens (primary N) is 2. The molecule has 0 aliphatic heterocycles. The van der Waals surface area contributed by atoms with Crippen molar-refractivity contribution in [2.45, 2.75) is 116 Å². The smallest absolute Gasteiger partial charge is 0.320 e. The molecule has 0 aromatic heterocycles. The molecule has 0 unspecified atom stereocenters. The zero-order valence-corrected chi connectivity index (χ0v) is 19.4. The summed E-state index contributed by atoms with van der Waals surface area (Å²) < 4.78 is 0. The molecule has 0 aliphatic carbocycles. The van der Waals surface area contributed by atoms with E-state index in [0.717, 1.165) is 19.4 Å². The van der Waals surface area contributed by atoms with Gasteiger partial charge in [-0.1, -0.05) is 76.9 Å². The highest BCUT2D eigenvalue weighted by Crippen LogP contribution is 2.10. The minimum absolute atomic E-state index is 0.0547. The number of unbranched alkanes of at least 4 members (excludes halogenated alkanes) is 12. The lowest BCUT2D eigenvalue weighted by atomic mass is 10.1. The fourth-order valence-corrected chi connectivity index (χ4v) is 3.47. The number of nitrogens with zero attached hydrogens (tertiary/aromatic N) is 1. The van der Waals surface area contributed by atoms with Crippen molar-refractivity contribution >= 4 is 11.9 Å². The van der Waals surface area contributed by atoms with Gasteiger partial charge in [-0.25, -0.2) is 0 Å². The quantitative estimate of drug-likeness (QED) is 0.0833. The van der Waals surface area contributed by atoms with Crippen molar-refractivity contribution in [2.24, 2.45) is 16.5 Å². The summed E-state index contributed by atoms with van der Waals surface area (Å²) in [7, 11) is 0. The Morgan fingerprint density at radius 2 is 1.40 bits per heavy atom. The lowest BCUT2D eigenvalue weighted by molar-refractivity contribution is -0.139. The molecule has 6 N–H and O–H groups in total. The standard InChI is InChI=1S/C24H48N4O2/c1-2-3-4-5-6-7-8-9-10-11-12-13-14-15-16-17-20-27-22(23(29)30)19-18-21-28-24(25)26/h9-10,22,27H,2-8,11-21H2,1H3,(H,29,30)(H4,25,26,28)/t22-/m0/s1. The molecule has 0 amide bonds. The Morgan fingerprint density at radius 3 is 1.93 bits per heavy atom. The Kier molecular flexibility index (Phi) is 21.0. The third-order valence-corrected chi connectivity index (χ3v) is 5.32. The Morgan fingerprint density at radius 1 is 0.867 bits per heavy atom. The van der Waals surface area contributed by atoms with Crippen molar-refractivity contribution in [2.75, 3.05) is 13.1 Å². The molecule has 0 aromatic rings. The van der Waals surface area contributed by atoms with Crippen LogP contribution < -0.4 is 16.8 Å². The van der Waals surface area contributed by atoms with Crippen molar-refractivity contribution < 1.29 is 9.90 Å². The maximum Gasteiger partial charge on any atom is 0.320 e. The number of aliphatic carboxylic acids is 1. The van der Waals surface area contributed by atoms with E-state index in [1.165, 1.54) is 77.0 Å². The van der Waals surface area contributed by atoms with Gasteiger partial charge in [0.15, 0.2) is 5.96 Å². The van der Waals surface area contributed by atoms with Gasteiger partial charge < -0.3 is 21.9 Å². The summed E-state index contributed by atoms with van der Waals surface area (Å²) in [5.74, 6) is -0.747. The molecule has 0 radical (unpaired) electrons. The summed E-state index contributed by atoms with van der Waals surface area (Å²) in [6.45, 7) is 3.49. The first-order valence-electron chi connectivity index (χ1n) is 12.2. The normalized spacial score (nSPS) is 12.3. The Balaban J connectivity index is 3.44. The number of guanidine groups is 1. The van der Waals surface area contributed by atoms with Crippen molar-refractivity contribution in [3.05, 3.63) is 12.2 Å². The average molecular weight is 425 g/mol. The van der Waals surface area contributed by atoms with Crippen LogP contribution in [0.2, 0.25) is 0 Å². The molecule has 0 bridgehead atoms. The molecule has 0 heterocycles. The number of carbonyl (C=O) groups is 1. The largest absolute Gasteiger partial charge is 0.480 e. The van der Waals surface area contributed by atoms with Gasteiger partial charge in [0.25, 0.3) is 0 Å². The number of nitrogens with one attached hydrogen (secondary N) is 1. The first-order valence-corrected chi connectivity index (χ1v) is 12.2. The molecule has 6 nitrogen and oxygen atoms in total. The van der Waals surface area contributed by atoms with Crippen LogP contribution in [0.15, 0.2) is 17.1 Å². The molecule has 0 aromatic carbocycles. The third kappa shape index (κ3) is 21.2. The molecule has 0 saturated heterocycles. The highest BCUT2D eigenvalue weighted by atomic mass is 16.4. The minimum Gasteiger partial charge on any atom is -0.480 e. The summed E-state index contributed by atoms with van der Waals surface area (Å²) in [5.41, 5.74) is 10.5. The molecular formula is C24H48N4O2. The number of hydrogen-bond acceptors (Lipinski definition) is 3. The summed E-state index contributed by atoms with van der Waals surface area (Å²) in [6, 6.07) is -0.512. The van der Waals surface area contributed by atoms with Crippen LogP contribution in [0.1, 0.15) is 110 Å². The molecule has 6 heteroatoms. The minimum atomic E-state index is -0.802. The van der Waals surface area contributed by atoms with E-state index in [1.54, 1.807) is 0 Å². The zero-order valence-electron chi connectivity index (χ0n) is 19.4. The number of hydrogen-bond donors (Lipinski definition) is 4. The van der Waals surface area contributed by atoms with Gasteiger partial charge in [-0.05, 0) is 51.5 Å². The van der Waals surface area contributed by atoms with Gasteiger partial charge in [0, 0.05) is 6.54 Å². The number of aliphatic imine (C=N–C) groups is 1. The van der Waals surface area contributed by atoms with E-state index in [-0.39, 0.29) is 5.96 Å². The number of allylic oxidation sites excluding steroid dienone is 2. The molecule has 0 rings (SSSR count). The maximum absolute atomic E-state index is 11.3. The van der Waals surface area contributed by atoms with Crippen LogP contribution in [0.4, 0.5) is 0 Å². The number of rotatable bonds is 22. The monoisotopic (exact) mass is 424 g/mol. The fraction of sp³-hybridized carbons (Fsp3) is 0.833. The van der Waals surface area contributed by atoms with E-state index in [9.17, 15) is 9.90 Å². The predicted molar refractivity (Wildman–Crippen MR) is 129 cm³/mol. The van der Waals surface area contributed by atoms with Gasteiger partial charge in [0.05, 0.1) is 0 Å². The lowest BCUT2D eigenvalue weighted by Gasteiger charge is -2.13. The molecule has 1 atom stereocenters. The zero-order chi connectivity index (χ0) is 22.3. The van der Waals surface area contributed by atoms with E-state index < -0.39 is 12.0 Å². The molecule has 0 aliphatic rings. The van der Waals surface area contributed by atoms with Crippen LogP contribution in [0.3, 0.4) is 0 Å². The Hall–Kier alpha value is -1.56. The second kappa shape index (κ2) is 22.1. The summed E-state index contributed by atoms with van der Waals surface area (Å²) in [5, 5.41) is 12.4. The topological polar surface area (TPSA) is 114 Å². The molecule has 0 fully saturated rings. The molecule has 176 valence electrons. The number of carboxylic acids is 1. The summed E-state index contributed by atoms with van der Waals surface area (Å²) >= 11 is 0. The third-order valence-electron chi connectivity index (χ3n) is 5.32. The van der Waals surface area contributed by atoms with Crippen LogP contribution in [-0.4, -0.2) is 36.2 Å². The average Bonchev–Trinajstić information content (AvgIpc) is 2.71. The summed E-state index contributed by atoms with van der Waals surface area (Å²) in [4.78, 5) is 15.2. The predicted octanol–water partition coefficient (Wildman–Crippen LogP) is 5.12. The Labute approximate surface area is 185 Å². The highest BCUT2D eigenvalue weighted by Gasteiger charge is 2.15. The van der Waals surface area contributed by atoms with E-state index >= 15 is 0 Å². The van der Waals surface area contributed by atoms with E-state index in [4.69, 9.17) is 11.5 Å². The highest BCUT2D eigenvalue weighted by molar-refractivity contribution is 5.75. The maximum atomic E-state index is 11.3. The van der Waals surface area contributed by atoms with Crippen molar-refractivity contribution in [1.82, 2.24) is 5.32 Å². The molecular weight excluding hydrogens is 376 g/mol. The first-order chi connectivity index (χ1) is 14.6. The van der Waals surface area contributed by atoms with E-state index in [0.29, 0.717) is 19.4 Å². The van der Waals surface area contributed by atoms with Gasteiger partial charge in [-0.15, -0.1) is 0 Å². The van der Waals surface area contributed by atoms with Gasteiger partial charge >= 0.3 is 5.97 Å². The molecule has 0 spiro atoms. The van der Waals surface area contributed by atoms with Crippen LogP contribution in [0, 0.1) is 0 Å². The Bertz CT molecular complexity index is 448. The van der Waals surface area contributed by atoms with Crippen LogP contribution in [-0.2, 0) is 4.79 Å². The van der Waals surface area contributed by atoms with Crippen molar-refractivity contribution in [1.29, 1.82) is 0 Å².